The van der Waals surface area contributed by atoms with Crippen LogP contribution in [-0.2, 0) is 6.18 Å². The number of carbonyl (C=O) groups excluding carboxylic acids is 1. The second-order valence-corrected chi connectivity index (χ2v) is 5.19. The van der Waals surface area contributed by atoms with E-state index in [2.05, 4.69) is 15.3 Å². The molecule has 2 aromatic carbocycles. The lowest BCUT2D eigenvalue weighted by atomic mass is 10.1. The minimum absolute atomic E-state index is 0.0222. The molecular weight excluding hydrogens is 331 g/mol. The highest BCUT2D eigenvalue weighted by Gasteiger charge is 2.31. The van der Waals surface area contributed by atoms with Crippen LogP contribution in [0.3, 0.4) is 0 Å². The van der Waals surface area contributed by atoms with Gasteiger partial charge in [-0.05, 0) is 36.4 Å². The van der Waals surface area contributed by atoms with Gasteiger partial charge < -0.3 is 10.3 Å². The average molecular weight is 340 g/mol. The van der Waals surface area contributed by atoms with E-state index in [0.717, 1.165) is 18.2 Å². The Labute approximate surface area is 133 Å². The number of rotatable bonds is 2. The number of aromatic amines is 1. The normalized spacial score (nSPS) is 11.7. The zero-order valence-corrected chi connectivity index (χ0v) is 12.2. The number of H-pyrrole nitrogens is 1. The van der Waals surface area contributed by atoms with Crippen molar-refractivity contribution in [3.63, 3.8) is 0 Å². The molecule has 2 N–H and O–H groups in total. The molecule has 0 atom stereocenters. The second kappa shape index (κ2) is 5.58. The largest absolute Gasteiger partial charge is 0.416 e. The Morgan fingerprint density at radius 1 is 1.17 bits per heavy atom. The van der Waals surface area contributed by atoms with Crippen molar-refractivity contribution in [2.24, 2.45) is 0 Å². The summed E-state index contributed by atoms with van der Waals surface area (Å²) >= 11 is 5.86. The van der Waals surface area contributed by atoms with Crippen LogP contribution in [0.2, 0.25) is 5.02 Å². The Morgan fingerprint density at radius 3 is 2.70 bits per heavy atom. The number of nitrogens with one attached hydrogen (secondary N) is 2. The van der Waals surface area contributed by atoms with E-state index in [9.17, 15) is 18.0 Å². The van der Waals surface area contributed by atoms with Crippen molar-refractivity contribution < 1.29 is 18.0 Å². The minimum atomic E-state index is -4.51. The number of aromatic nitrogens is 2. The molecular formula is C15H9ClF3N3O. The van der Waals surface area contributed by atoms with Gasteiger partial charge in [0.1, 0.15) is 0 Å². The van der Waals surface area contributed by atoms with E-state index < -0.39 is 17.6 Å². The number of halogens is 4. The average Bonchev–Trinajstić information content (AvgIpc) is 2.95. The van der Waals surface area contributed by atoms with Gasteiger partial charge in [0.25, 0.3) is 5.91 Å². The summed E-state index contributed by atoms with van der Waals surface area (Å²) in [6.07, 6.45) is -3.03. The van der Waals surface area contributed by atoms with E-state index >= 15 is 0 Å². The molecule has 0 saturated heterocycles. The number of nitrogens with zero attached hydrogens (tertiary/aromatic N) is 1. The van der Waals surface area contributed by atoms with Crippen LogP contribution in [0.1, 0.15) is 15.9 Å². The molecule has 1 heterocycles. The second-order valence-electron chi connectivity index (χ2n) is 4.78. The molecule has 0 aliphatic rings. The molecule has 118 valence electrons. The number of hydrogen-bond donors (Lipinski definition) is 2. The zero-order chi connectivity index (χ0) is 16.6. The van der Waals surface area contributed by atoms with E-state index in [1.54, 1.807) is 12.1 Å². The van der Waals surface area contributed by atoms with Crippen molar-refractivity contribution >= 4 is 34.2 Å². The maximum atomic E-state index is 12.7. The lowest BCUT2D eigenvalue weighted by molar-refractivity contribution is -0.137. The fraction of sp³-hybridized carbons (Fsp3) is 0.0667. The van der Waals surface area contributed by atoms with E-state index in [4.69, 9.17) is 11.6 Å². The first-order chi connectivity index (χ1) is 10.8. The first-order valence-electron chi connectivity index (χ1n) is 6.46. The maximum Gasteiger partial charge on any atom is 0.416 e. The first kappa shape index (κ1) is 15.4. The van der Waals surface area contributed by atoms with Gasteiger partial charge in [-0.3, -0.25) is 4.79 Å². The van der Waals surface area contributed by atoms with E-state index in [1.165, 1.54) is 12.4 Å². The molecule has 8 heteroatoms. The third-order valence-electron chi connectivity index (χ3n) is 3.22. The molecule has 0 aliphatic carbocycles. The Hall–Kier alpha value is -2.54. The molecule has 4 nitrogen and oxygen atoms in total. The summed E-state index contributed by atoms with van der Waals surface area (Å²) in [4.78, 5) is 19.1. The first-order valence-corrected chi connectivity index (χ1v) is 6.83. The Morgan fingerprint density at radius 2 is 1.96 bits per heavy atom. The van der Waals surface area contributed by atoms with Crippen LogP contribution in [-0.4, -0.2) is 15.9 Å². The monoisotopic (exact) mass is 339 g/mol. The zero-order valence-electron chi connectivity index (χ0n) is 11.4. The molecule has 0 aliphatic heterocycles. The van der Waals surface area contributed by atoms with Crippen LogP contribution in [0.25, 0.3) is 11.0 Å². The molecule has 0 radical (unpaired) electrons. The van der Waals surface area contributed by atoms with Crippen molar-refractivity contribution in [2.75, 3.05) is 5.32 Å². The SMILES string of the molecule is O=C(Nc1cc(C(F)(F)F)ccc1Cl)c1ccc2nc[nH]c2c1. The molecule has 0 unspecified atom stereocenters. The number of carbonyl (C=O) groups is 1. The smallest absolute Gasteiger partial charge is 0.345 e. The number of amides is 1. The van der Waals surface area contributed by atoms with Gasteiger partial charge in [-0.25, -0.2) is 4.98 Å². The third kappa shape index (κ3) is 3.14. The summed E-state index contributed by atoms with van der Waals surface area (Å²) in [5.74, 6) is -0.567. The number of alkyl halides is 3. The number of benzene rings is 2. The quantitative estimate of drug-likeness (QED) is 0.723. The van der Waals surface area contributed by atoms with Crippen LogP contribution in [0.5, 0.6) is 0 Å². The summed E-state index contributed by atoms with van der Waals surface area (Å²) in [6, 6.07) is 7.47. The van der Waals surface area contributed by atoms with Gasteiger partial charge in [0.15, 0.2) is 0 Å². The number of imidazole rings is 1. The van der Waals surface area contributed by atoms with Crippen molar-refractivity contribution in [3.05, 3.63) is 58.9 Å². The van der Waals surface area contributed by atoms with Crippen LogP contribution >= 0.6 is 11.6 Å². The molecule has 0 saturated carbocycles. The molecule has 1 amide bonds. The maximum absolute atomic E-state index is 12.7. The third-order valence-corrected chi connectivity index (χ3v) is 3.55. The fourth-order valence-electron chi connectivity index (χ4n) is 2.07. The van der Waals surface area contributed by atoms with Crippen LogP contribution in [0.15, 0.2) is 42.7 Å². The van der Waals surface area contributed by atoms with E-state index in [1.807, 2.05) is 0 Å². The summed E-state index contributed by atoms with van der Waals surface area (Å²) in [7, 11) is 0. The molecule has 0 fully saturated rings. The van der Waals surface area contributed by atoms with Gasteiger partial charge in [-0.2, -0.15) is 13.2 Å². The molecule has 0 spiro atoms. The number of fused-ring (bicyclic) bond motifs is 1. The van der Waals surface area contributed by atoms with Crippen LogP contribution in [0.4, 0.5) is 18.9 Å². The fourth-order valence-corrected chi connectivity index (χ4v) is 2.23. The lowest BCUT2D eigenvalue weighted by Crippen LogP contribution is -2.13. The molecule has 1 aromatic heterocycles. The highest BCUT2D eigenvalue weighted by molar-refractivity contribution is 6.34. The van der Waals surface area contributed by atoms with Gasteiger partial charge in [-0.15, -0.1) is 0 Å². The van der Waals surface area contributed by atoms with Crippen molar-refractivity contribution in [1.82, 2.24) is 9.97 Å². The number of anilines is 1. The van der Waals surface area contributed by atoms with Crippen molar-refractivity contribution in [3.8, 4) is 0 Å². The molecule has 0 bridgehead atoms. The minimum Gasteiger partial charge on any atom is -0.345 e. The Kier molecular flexibility index (Phi) is 3.73. The van der Waals surface area contributed by atoms with Crippen molar-refractivity contribution in [2.45, 2.75) is 6.18 Å². The van der Waals surface area contributed by atoms with Gasteiger partial charge in [0.05, 0.1) is 33.6 Å². The van der Waals surface area contributed by atoms with Gasteiger partial charge >= 0.3 is 6.18 Å². The summed E-state index contributed by atoms with van der Waals surface area (Å²) < 4.78 is 38.2. The summed E-state index contributed by atoms with van der Waals surface area (Å²) in [6.45, 7) is 0. The molecule has 23 heavy (non-hydrogen) atoms. The molecule has 3 aromatic rings. The number of hydrogen-bond acceptors (Lipinski definition) is 2. The van der Waals surface area contributed by atoms with Crippen molar-refractivity contribution in [1.29, 1.82) is 0 Å². The van der Waals surface area contributed by atoms with E-state index in [0.29, 0.717) is 11.0 Å². The highest BCUT2D eigenvalue weighted by atomic mass is 35.5. The van der Waals surface area contributed by atoms with E-state index in [-0.39, 0.29) is 16.3 Å². The van der Waals surface area contributed by atoms with Gasteiger partial charge in [0, 0.05) is 5.56 Å². The van der Waals surface area contributed by atoms with Crippen LogP contribution in [0, 0.1) is 0 Å². The van der Waals surface area contributed by atoms with Gasteiger partial charge in [0.2, 0.25) is 0 Å². The summed E-state index contributed by atoms with van der Waals surface area (Å²) in [5, 5.41) is 2.41. The Bertz CT molecular complexity index is 889. The predicted molar refractivity (Wildman–Crippen MR) is 80.5 cm³/mol. The highest BCUT2D eigenvalue weighted by Crippen LogP contribution is 2.34. The predicted octanol–water partition coefficient (Wildman–Crippen LogP) is 4.49. The van der Waals surface area contributed by atoms with Gasteiger partial charge in [-0.1, -0.05) is 11.6 Å². The topological polar surface area (TPSA) is 57.8 Å². The van der Waals surface area contributed by atoms with Crippen LogP contribution < -0.4 is 5.32 Å². The molecule has 3 rings (SSSR count). The lowest BCUT2D eigenvalue weighted by Gasteiger charge is -2.11. The summed E-state index contributed by atoms with van der Waals surface area (Å²) in [5.41, 5.74) is 0.610. The standard InChI is InChI=1S/C15H9ClF3N3O/c16-10-3-2-9(15(17,18)19)6-12(10)22-14(23)8-1-4-11-13(5-8)21-7-20-11/h1-7H,(H,20,21)(H,22,23). The Balaban J connectivity index is 1.90.